The molecule has 1 heterocycles. The molecule has 1 aliphatic heterocycles. The molecule has 1 atom stereocenters. The van der Waals surface area contributed by atoms with Crippen molar-refractivity contribution in [1.82, 2.24) is 15.1 Å². The molecule has 1 rings (SSSR count). The summed E-state index contributed by atoms with van der Waals surface area (Å²) in [6.07, 6.45) is 0.532. The normalized spacial score (nSPS) is 16.6. The van der Waals surface area contributed by atoms with Gasteiger partial charge in [-0.3, -0.25) is 0 Å². The van der Waals surface area contributed by atoms with Crippen molar-refractivity contribution in [3.8, 4) is 0 Å². The highest BCUT2D eigenvalue weighted by Crippen LogP contribution is 2.18. The van der Waals surface area contributed by atoms with Crippen LogP contribution in [0.5, 0.6) is 0 Å². The molecule has 0 saturated carbocycles. The molecule has 1 fully saturated rings. The van der Waals surface area contributed by atoms with Crippen molar-refractivity contribution in [1.29, 1.82) is 0 Å². The molecule has 0 aliphatic carbocycles. The van der Waals surface area contributed by atoms with E-state index in [1.165, 1.54) is 7.11 Å². The first-order chi connectivity index (χ1) is 12.5. The van der Waals surface area contributed by atoms with E-state index >= 15 is 0 Å². The van der Waals surface area contributed by atoms with E-state index in [0.717, 1.165) is 19.4 Å². The van der Waals surface area contributed by atoms with Crippen LogP contribution < -0.4 is 5.32 Å². The number of alkyl carbamates (subject to hydrolysis) is 1. The Morgan fingerprint density at radius 2 is 1.78 bits per heavy atom. The molecule has 0 aromatic carbocycles. The molecular formula is C18H33N3O6. The van der Waals surface area contributed by atoms with Crippen LogP contribution in [0.4, 0.5) is 9.59 Å². The standard InChI is InChI=1S/C18H33N3O6/c1-18(2,3)27-16(23)19-14(15(22)25-6)12-26-17(24)21-9-7-13(8-10-21)11-20(4)5/h13-14H,7-12H2,1-6H3,(H,19,23)/t14-/m0/s1. The quantitative estimate of drug-likeness (QED) is 0.544. The highest BCUT2D eigenvalue weighted by atomic mass is 16.6. The van der Waals surface area contributed by atoms with E-state index < -0.39 is 29.8 Å². The van der Waals surface area contributed by atoms with Crippen LogP contribution >= 0.6 is 0 Å². The lowest BCUT2D eigenvalue weighted by Crippen LogP contribution is -2.48. The van der Waals surface area contributed by atoms with E-state index in [9.17, 15) is 14.4 Å². The summed E-state index contributed by atoms with van der Waals surface area (Å²) < 4.78 is 15.0. The molecule has 1 N–H and O–H groups in total. The third-order valence-corrected chi connectivity index (χ3v) is 4.05. The Kier molecular flexibility index (Phi) is 8.81. The summed E-state index contributed by atoms with van der Waals surface area (Å²) in [5, 5.41) is 2.37. The lowest BCUT2D eigenvalue weighted by Gasteiger charge is -2.32. The summed E-state index contributed by atoms with van der Waals surface area (Å²) in [5.41, 5.74) is -0.710. The minimum absolute atomic E-state index is 0.317. The van der Waals surface area contributed by atoms with Gasteiger partial charge in [-0.05, 0) is 53.6 Å². The predicted molar refractivity (Wildman–Crippen MR) is 99.4 cm³/mol. The van der Waals surface area contributed by atoms with Gasteiger partial charge in [0.15, 0.2) is 6.04 Å². The number of likely N-dealkylation sites (tertiary alicyclic amines) is 1. The second-order valence-corrected chi connectivity index (χ2v) is 7.99. The van der Waals surface area contributed by atoms with E-state index in [1.54, 1.807) is 25.7 Å². The maximum absolute atomic E-state index is 12.3. The summed E-state index contributed by atoms with van der Waals surface area (Å²) in [5.74, 6) is -0.154. The molecule has 0 unspecified atom stereocenters. The number of carbonyl (C=O) groups excluding carboxylic acids is 3. The van der Waals surface area contributed by atoms with Gasteiger partial charge in [0.2, 0.25) is 0 Å². The predicted octanol–water partition coefficient (Wildman–Crippen LogP) is 1.46. The van der Waals surface area contributed by atoms with Crippen LogP contribution in [0.15, 0.2) is 0 Å². The molecule has 0 aromatic rings. The number of ether oxygens (including phenoxy) is 3. The zero-order valence-electron chi connectivity index (χ0n) is 17.2. The Balaban J connectivity index is 2.49. The second-order valence-electron chi connectivity index (χ2n) is 7.99. The number of amides is 2. The Morgan fingerprint density at radius 1 is 1.19 bits per heavy atom. The summed E-state index contributed by atoms with van der Waals surface area (Å²) in [6, 6.07) is -1.12. The molecule has 2 amide bonds. The topological polar surface area (TPSA) is 97.4 Å². The number of esters is 1. The molecule has 0 aromatic heterocycles. The van der Waals surface area contributed by atoms with Crippen LogP contribution in [0.25, 0.3) is 0 Å². The van der Waals surface area contributed by atoms with Crippen LogP contribution in [0, 0.1) is 5.92 Å². The third-order valence-electron chi connectivity index (χ3n) is 4.05. The first-order valence-corrected chi connectivity index (χ1v) is 9.15. The van der Waals surface area contributed by atoms with Crippen LogP contribution in [0.3, 0.4) is 0 Å². The summed E-state index contributed by atoms with van der Waals surface area (Å²) >= 11 is 0. The minimum atomic E-state index is -1.12. The van der Waals surface area contributed by atoms with Crippen molar-refractivity contribution in [3.05, 3.63) is 0 Å². The average molecular weight is 387 g/mol. The monoisotopic (exact) mass is 387 g/mol. The molecule has 1 aliphatic rings. The molecule has 156 valence electrons. The number of nitrogens with one attached hydrogen (secondary N) is 1. The summed E-state index contributed by atoms with van der Waals surface area (Å²) in [4.78, 5) is 39.7. The number of hydrogen-bond acceptors (Lipinski definition) is 7. The molecule has 27 heavy (non-hydrogen) atoms. The Morgan fingerprint density at radius 3 is 2.26 bits per heavy atom. The first kappa shape index (κ1) is 23.0. The van der Waals surface area contributed by atoms with Gasteiger partial charge in [-0.25, -0.2) is 14.4 Å². The maximum atomic E-state index is 12.3. The highest BCUT2D eigenvalue weighted by Gasteiger charge is 2.29. The Labute approximate surface area is 161 Å². The molecule has 0 bridgehead atoms. The van der Waals surface area contributed by atoms with Crippen LogP contribution in [-0.2, 0) is 19.0 Å². The van der Waals surface area contributed by atoms with Crippen molar-refractivity contribution in [2.45, 2.75) is 45.3 Å². The minimum Gasteiger partial charge on any atom is -0.467 e. The number of rotatable bonds is 6. The van der Waals surface area contributed by atoms with Crippen molar-refractivity contribution in [2.24, 2.45) is 5.92 Å². The average Bonchev–Trinajstić information content (AvgIpc) is 2.56. The fourth-order valence-corrected chi connectivity index (χ4v) is 2.82. The maximum Gasteiger partial charge on any atom is 0.409 e. The van der Waals surface area contributed by atoms with Gasteiger partial charge in [0.1, 0.15) is 12.2 Å². The summed E-state index contributed by atoms with van der Waals surface area (Å²) in [6.45, 7) is 7.02. The van der Waals surface area contributed by atoms with Crippen molar-refractivity contribution < 1.29 is 28.6 Å². The van der Waals surface area contributed by atoms with Gasteiger partial charge in [0, 0.05) is 19.6 Å². The van der Waals surface area contributed by atoms with Crippen LogP contribution in [0.1, 0.15) is 33.6 Å². The molecule has 9 heteroatoms. The Bertz CT molecular complexity index is 510. The zero-order valence-corrected chi connectivity index (χ0v) is 17.2. The van der Waals surface area contributed by atoms with E-state index in [4.69, 9.17) is 9.47 Å². The fourth-order valence-electron chi connectivity index (χ4n) is 2.82. The van der Waals surface area contributed by atoms with Crippen molar-refractivity contribution >= 4 is 18.2 Å². The van der Waals surface area contributed by atoms with Gasteiger partial charge in [-0.1, -0.05) is 0 Å². The number of methoxy groups -OCH3 is 1. The van der Waals surface area contributed by atoms with E-state index in [2.05, 4.69) is 15.0 Å². The highest BCUT2D eigenvalue weighted by molar-refractivity contribution is 5.82. The SMILES string of the molecule is COC(=O)[C@H](COC(=O)N1CCC(CN(C)C)CC1)NC(=O)OC(C)(C)C. The van der Waals surface area contributed by atoms with E-state index in [-0.39, 0.29) is 6.61 Å². The number of hydrogen-bond donors (Lipinski definition) is 1. The number of nitrogens with zero attached hydrogens (tertiary/aromatic N) is 2. The molecule has 1 saturated heterocycles. The van der Waals surface area contributed by atoms with E-state index in [0.29, 0.717) is 19.0 Å². The number of piperidine rings is 1. The lowest BCUT2D eigenvalue weighted by atomic mass is 9.97. The summed E-state index contributed by atoms with van der Waals surface area (Å²) in [7, 11) is 5.26. The van der Waals surface area contributed by atoms with Gasteiger partial charge in [0.05, 0.1) is 7.11 Å². The van der Waals surface area contributed by atoms with Gasteiger partial charge in [0.25, 0.3) is 0 Å². The molecule has 9 nitrogen and oxygen atoms in total. The second kappa shape index (κ2) is 10.3. The zero-order chi connectivity index (χ0) is 20.6. The van der Waals surface area contributed by atoms with Gasteiger partial charge in [-0.15, -0.1) is 0 Å². The number of carbonyl (C=O) groups is 3. The fraction of sp³-hybridized carbons (Fsp3) is 0.833. The van der Waals surface area contributed by atoms with Gasteiger partial charge in [-0.2, -0.15) is 0 Å². The lowest BCUT2D eigenvalue weighted by molar-refractivity contribution is -0.144. The molecule has 0 radical (unpaired) electrons. The molecular weight excluding hydrogens is 354 g/mol. The van der Waals surface area contributed by atoms with Crippen LogP contribution in [0.2, 0.25) is 0 Å². The smallest absolute Gasteiger partial charge is 0.409 e. The van der Waals surface area contributed by atoms with E-state index in [1.807, 2.05) is 14.1 Å². The largest absolute Gasteiger partial charge is 0.467 e. The molecule has 0 spiro atoms. The third kappa shape index (κ3) is 8.94. The van der Waals surface area contributed by atoms with Gasteiger partial charge >= 0.3 is 18.2 Å². The first-order valence-electron chi connectivity index (χ1n) is 9.15. The van der Waals surface area contributed by atoms with Gasteiger partial charge < -0.3 is 29.3 Å². The van der Waals surface area contributed by atoms with Crippen LogP contribution in [-0.4, -0.2) is 87.0 Å². The van der Waals surface area contributed by atoms with Crippen molar-refractivity contribution in [2.75, 3.05) is 47.4 Å². The van der Waals surface area contributed by atoms with Crippen molar-refractivity contribution in [3.63, 3.8) is 0 Å². The Hall–Kier alpha value is -2.03.